The van der Waals surface area contributed by atoms with Gasteiger partial charge in [-0.3, -0.25) is 4.79 Å². The molecule has 0 aliphatic rings. The second-order valence-corrected chi connectivity index (χ2v) is 7.10. The van der Waals surface area contributed by atoms with Crippen molar-refractivity contribution in [3.05, 3.63) is 98.6 Å². The highest BCUT2D eigenvalue weighted by Gasteiger charge is 2.21. The molecule has 4 aromatic rings. The molecule has 1 N–H and O–H groups in total. The fourth-order valence-electron chi connectivity index (χ4n) is 3.05. The van der Waals surface area contributed by atoms with Crippen LogP contribution in [0.15, 0.2) is 76.1 Å². The van der Waals surface area contributed by atoms with Gasteiger partial charge in [-0.25, -0.2) is 9.78 Å². The third-order valence-electron chi connectivity index (χ3n) is 4.40. The Hall–Kier alpha value is -3.15. The second-order valence-electron chi connectivity index (χ2n) is 6.29. The van der Waals surface area contributed by atoms with Gasteiger partial charge in [0.1, 0.15) is 0 Å². The van der Waals surface area contributed by atoms with Gasteiger partial charge in [0.25, 0.3) is 5.91 Å². The third-order valence-corrected chi connectivity index (χ3v) is 5.14. The van der Waals surface area contributed by atoms with E-state index in [1.54, 1.807) is 30.3 Å². The fourth-order valence-corrected chi connectivity index (χ4v) is 3.37. The summed E-state index contributed by atoms with van der Waals surface area (Å²) in [7, 11) is 0. The molecule has 0 radical (unpaired) electrons. The molecule has 0 saturated heterocycles. The van der Waals surface area contributed by atoms with Crippen LogP contribution >= 0.6 is 23.2 Å². The number of rotatable bonds is 4. The van der Waals surface area contributed by atoms with Gasteiger partial charge in [-0.1, -0.05) is 65.7 Å². The number of hydrogen-bond acceptors (Lipinski definition) is 4. The summed E-state index contributed by atoms with van der Waals surface area (Å²) in [5.41, 5.74) is 1.53. The van der Waals surface area contributed by atoms with Gasteiger partial charge < -0.3 is 9.73 Å². The largest absolute Gasteiger partial charge is 0.415 e. The molecule has 0 aliphatic carbocycles. The lowest BCUT2D eigenvalue weighted by Crippen LogP contribution is -2.25. The fraction of sp³-hybridized carbons (Fsp3) is 0.0455. The molecule has 4 rings (SSSR count). The summed E-state index contributed by atoms with van der Waals surface area (Å²) in [5.74, 6) is -0.584. The molecular weight excluding hydrogens is 411 g/mol. The quantitative estimate of drug-likeness (QED) is 0.494. The summed E-state index contributed by atoms with van der Waals surface area (Å²) in [6.07, 6.45) is 1.51. The van der Waals surface area contributed by atoms with E-state index in [2.05, 4.69) is 10.3 Å². The van der Waals surface area contributed by atoms with Crippen LogP contribution in [0.3, 0.4) is 0 Å². The molecule has 5 nitrogen and oxygen atoms in total. The second kappa shape index (κ2) is 8.07. The Morgan fingerprint density at radius 3 is 2.55 bits per heavy atom. The van der Waals surface area contributed by atoms with Crippen LogP contribution in [-0.4, -0.2) is 10.9 Å². The summed E-state index contributed by atoms with van der Waals surface area (Å²) >= 11 is 12.0. The molecule has 1 amide bonds. The number of pyridine rings is 1. The summed E-state index contributed by atoms with van der Waals surface area (Å²) in [6, 6.07) is 17.8. The van der Waals surface area contributed by atoms with Crippen molar-refractivity contribution >= 4 is 40.0 Å². The first-order chi connectivity index (χ1) is 14.0. The van der Waals surface area contributed by atoms with Crippen molar-refractivity contribution < 1.29 is 9.21 Å². The minimum Gasteiger partial charge on any atom is -0.415 e. The molecule has 144 valence electrons. The predicted octanol–water partition coefficient (Wildman–Crippen LogP) is 5.09. The van der Waals surface area contributed by atoms with Crippen LogP contribution in [0.4, 0.5) is 0 Å². The molecule has 29 heavy (non-hydrogen) atoms. The van der Waals surface area contributed by atoms with Gasteiger partial charge in [0.05, 0.1) is 10.0 Å². The molecule has 2 heterocycles. The van der Waals surface area contributed by atoms with Gasteiger partial charge in [-0.15, -0.1) is 0 Å². The Morgan fingerprint density at radius 2 is 1.79 bits per heavy atom. The highest BCUT2D eigenvalue weighted by Crippen LogP contribution is 2.30. The van der Waals surface area contributed by atoms with Crippen molar-refractivity contribution in [3.8, 4) is 11.1 Å². The number of carbonyl (C=O) groups excluding carboxylic acids is 1. The van der Waals surface area contributed by atoms with Crippen molar-refractivity contribution in [1.29, 1.82) is 0 Å². The molecule has 0 fully saturated rings. The van der Waals surface area contributed by atoms with E-state index in [9.17, 15) is 9.59 Å². The van der Waals surface area contributed by atoms with Crippen molar-refractivity contribution in [3.63, 3.8) is 0 Å². The lowest BCUT2D eigenvalue weighted by molar-refractivity contribution is 0.0920. The van der Waals surface area contributed by atoms with Crippen LogP contribution in [0.2, 0.25) is 10.0 Å². The van der Waals surface area contributed by atoms with E-state index in [1.807, 2.05) is 30.3 Å². The van der Waals surface area contributed by atoms with Crippen LogP contribution in [0.5, 0.6) is 0 Å². The third kappa shape index (κ3) is 3.88. The number of benzene rings is 2. The number of fused-ring (bicyclic) bond motifs is 1. The van der Waals surface area contributed by atoms with Crippen molar-refractivity contribution in [2.45, 2.75) is 6.54 Å². The summed E-state index contributed by atoms with van der Waals surface area (Å²) in [5, 5.41) is 4.15. The van der Waals surface area contributed by atoms with E-state index in [0.717, 1.165) is 11.1 Å². The van der Waals surface area contributed by atoms with Gasteiger partial charge in [0.2, 0.25) is 5.76 Å². The molecule has 7 heteroatoms. The van der Waals surface area contributed by atoms with Crippen molar-refractivity contribution in [2.75, 3.05) is 0 Å². The van der Waals surface area contributed by atoms with E-state index in [4.69, 9.17) is 27.6 Å². The monoisotopic (exact) mass is 424 g/mol. The zero-order valence-electron chi connectivity index (χ0n) is 15.0. The molecular formula is C22H14Cl2N2O3. The predicted molar refractivity (Wildman–Crippen MR) is 113 cm³/mol. The molecule has 0 bridgehead atoms. The first kappa shape index (κ1) is 19.2. The Balaban J connectivity index is 1.77. The molecule has 2 aromatic carbocycles. The molecule has 2 aromatic heterocycles. The number of nitrogens with zero attached hydrogens (tertiary/aromatic N) is 1. The summed E-state index contributed by atoms with van der Waals surface area (Å²) < 4.78 is 5.39. The molecule has 0 saturated carbocycles. The number of halogens is 2. The lowest BCUT2D eigenvalue weighted by atomic mass is 10.00. The summed E-state index contributed by atoms with van der Waals surface area (Å²) in [4.78, 5) is 29.5. The number of carbonyl (C=O) groups is 1. The molecule has 0 aliphatic heterocycles. The Kier molecular flexibility index (Phi) is 5.34. The molecule has 0 unspecified atom stereocenters. The maximum Gasteiger partial charge on any atom is 0.363 e. The lowest BCUT2D eigenvalue weighted by Gasteiger charge is -2.12. The summed E-state index contributed by atoms with van der Waals surface area (Å²) in [6.45, 7) is 0.193. The number of aromatic nitrogens is 1. The normalized spacial score (nSPS) is 10.8. The Bertz CT molecular complexity index is 1270. The van der Waals surface area contributed by atoms with Crippen molar-refractivity contribution in [2.24, 2.45) is 0 Å². The van der Waals surface area contributed by atoms with E-state index in [0.29, 0.717) is 21.0 Å². The molecule has 0 atom stereocenters. The maximum absolute atomic E-state index is 12.9. The van der Waals surface area contributed by atoms with Crippen LogP contribution < -0.4 is 10.9 Å². The zero-order valence-corrected chi connectivity index (χ0v) is 16.5. The average Bonchev–Trinajstić information content (AvgIpc) is 2.75. The Morgan fingerprint density at radius 1 is 1.00 bits per heavy atom. The highest BCUT2D eigenvalue weighted by atomic mass is 35.5. The minimum atomic E-state index is -0.667. The minimum absolute atomic E-state index is 0.0678. The first-order valence-corrected chi connectivity index (χ1v) is 9.49. The number of nitrogens with one attached hydrogen (secondary N) is 1. The van der Waals surface area contributed by atoms with Gasteiger partial charge in [0, 0.05) is 23.7 Å². The topological polar surface area (TPSA) is 72.2 Å². The van der Waals surface area contributed by atoms with E-state index >= 15 is 0 Å². The SMILES string of the molecule is O=C(NCc1ccc(Cl)c(Cl)c1)c1oc(=O)c2ncccc2c1-c1ccccc1. The standard InChI is InChI=1S/C22H14Cl2N2O3/c23-16-9-8-13(11-17(16)24)12-26-21(27)20-18(14-5-2-1-3-6-14)15-7-4-10-25-19(15)22(28)29-20/h1-11H,12H2,(H,26,27). The van der Waals surface area contributed by atoms with Gasteiger partial charge in [0.15, 0.2) is 5.52 Å². The zero-order chi connectivity index (χ0) is 20.4. The van der Waals surface area contributed by atoms with Gasteiger partial charge >= 0.3 is 5.63 Å². The number of amides is 1. The Labute approximate surface area is 175 Å². The van der Waals surface area contributed by atoms with Crippen LogP contribution in [0, 0.1) is 0 Å². The van der Waals surface area contributed by atoms with Gasteiger partial charge in [-0.05, 0) is 29.3 Å². The smallest absolute Gasteiger partial charge is 0.363 e. The number of hydrogen-bond donors (Lipinski definition) is 1. The van der Waals surface area contributed by atoms with Crippen LogP contribution in [-0.2, 0) is 6.54 Å². The van der Waals surface area contributed by atoms with Crippen LogP contribution in [0.1, 0.15) is 16.1 Å². The maximum atomic E-state index is 12.9. The van der Waals surface area contributed by atoms with Crippen LogP contribution in [0.25, 0.3) is 22.0 Å². The average molecular weight is 425 g/mol. The van der Waals surface area contributed by atoms with E-state index < -0.39 is 11.5 Å². The van der Waals surface area contributed by atoms with Crippen molar-refractivity contribution in [1.82, 2.24) is 10.3 Å². The molecule has 0 spiro atoms. The van der Waals surface area contributed by atoms with E-state index in [1.165, 1.54) is 6.20 Å². The highest BCUT2D eigenvalue weighted by molar-refractivity contribution is 6.42. The van der Waals surface area contributed by atoms with Gasteiger partial charge in [-0.2, -0.15) is 0 Å². The van der Waals surface area contributed by atoms with E-state index in [-0.39, 0.29) is 17.8 Å². The first-order valence-electron chi connectivity index (χ1n) is 8.74.